The van der Waals surface area contributed by atoms with Crippen molar-refractivity contribution < 1.29 is 4.79 Å². The van der Waals surface area contributed by atoms with Gasteiger partial charge in [-0.3, -0.25) is 14.9 Å². The van der Waals surface area contributed by atoms with E-state index in [0.29, 0.717) is 30.4 Å². The number of carbonyl (C=O) groups is 1. The molecule has 0 saturated heterocycles. The van der Waals surface area contributed by atoms with Crippen LogP contribution in [0.15, 0.2) is 36.9 Å². The van der Waals surface area contributed by atoms with Crippen LogP contribution in [0.2, 0.25) is 0 Å². The normalized spacial score (nSPS) is 13.7. The topological polar surface area (TPSA) is 87.7 Å². The monoisotopic (exact) mass is 348 g/mol. The summed E-state index contributed by atoms with van der Waals surface area (Å²) in [4.78, 5) is 27.4. The lowest BCUT2D eigenvalue weighted by atomic mass is 9.99. The second-order valence-corrected chi connectivity index (χ2v) is 6.73. The van der Waals surface area contributed by atoms with Crippen LogP contribution in [0.1, 0.15) is 47.1 Å². The molecule has 26 heavy (non-hydrogen) atoms. The van der Waals surface area contributed by atoms with E-state index in [0.717, 1.165) is 28.9 Å². The van der Waals surface area contributed by atoms with E-state index in [1.165, 1.54) is 0 Å². The van der Waals surface area contributed by atoms with Crippen LogP contribution in [0, 0.1) is 0 Å². The molecule has 0 aliphatic carbocycles. The minimum Gasteiger partial charge on any atom is -0.334 e. The van der Waals surface area contributed by atoms with Crippen LogP contribution in [0.25, 0.3) is 11.4 Å². The molecule has 0 radical (unpaired) electrons. The van der Waals surface area contributed by atoms with Crippen molar-refractivity contribution in [1.82, 2.24) is 30.0 Å². The molecular formula is C19H20N6O. The van der Waals surface area contributed by atoms with Gasteiger partial charge >= 0.3 is 0 Å². The summed E-state index contributed by atoms with van der Waals surface area (Å²) in [5, 5.41) is 7.53. The number of amides is 1. The fourth-order valence-corrected chi connectivity index (χ4v) is 3.23. The lowest BCUT2D eigenvalue weighted by molar-refractivity contribution is 0.0733. The molecule has 3 aromatic rings. The molecule has 0 atom stereocenters. The summed E-state index contributed by atoms with van der Waals surface area (Å²) in [5.74, 6) is 0.837. The van der Waals surface area contributed by atoms with Crippen LogP contribution in [0.5, 0.6) is 0 Å². The van der Waals surface area contributed by atoms with Gasteiger partial charge in [-0.15, -0.1) is 0 Å². The molecular weight excluding hydrogens is 328 g/mol. The van der Waals surface area contributed by atoms with E-state index in [1.807, 2.05) is 17.0 Å². The van der Waals surface area contributed by atoms with Crippen molar-refractivity contribution in [2.45, 2.75) is 32.7 Å². The largest absolute Gasteiger partial charge is 0.334 e. The Labute approximate surface area is 151 Å². The smallest absolute Gasteiger partial charge is 0.257 e. The van der Waals surface area contributed by atoms with E-state index in [2.05, 4.69) is 39.0 Å². The average Bonchev–Trinajstić information content (AvgIpc) is 3.12. The quantitative estimate of drug-likeness (QED) is 0.786. The second-order valence-electron chi connectivity index (χ2n) is 6.73. The number of hydrogen-bond acceptors (Lipinski definition) is 5. The SMILES string of the molecule is CC(C)c1n[nH]c2c1CN(C(=O)c1cnc(-c3cccnc3)nc1)CC2. The molecule has 4 heterocycles. The number of aromatic nitrogens is 5. The predicted molar refractivity (Wildman–Crippen MR) is 96.4 cm³/mol. The van der Waals surface area contributed by atoms with Crippen LogP contribution < -0.4 is 0 Å². The molecule has 1 aliphatic heterocycles. The first-order valence-electron chi connectivity index (χ1n) is 8.71. The summed E-state index contributed by atoms with van der Waals surface area (Å²) in [5.41, 5.74) is 4.65. The van der Waals surface area contributed by atoms with Crippen molar-refractivity contribution in [3.63, 3.8) is 0 Å². The second kappa shape index (κ2) is 6.67. The number of aromatic amines is 1. The van der Waals surface area contributed by atoms with Gasteiger partial charge in [0.1, 0.15) is 0 Å². The van der Waals surface area contributed by atoms with Crippen molar-refractivity contribution in [3.05, 3.63) is 59.4 Å². The van der Waals surface area contributed by atoms with E-state index in [-0.39, 0.29) is 5.91 Å². The summed E-state index contributed by atoms with van der Waals surface area (Å²) >= 11 is 0. The molecule has 0 saturated carbocycles. The Hall–Kier alpha value is -3.09. The number of carbonyl (C=O) groups excluding carboxylic acids is 1. The minimum absolute atomic E-state index is 0.0516. The van der Waals surface area contributed by atoms with Crippen LogP contribution in [0.3, 0.4) is 0 Å². The molecule has 0 spiro atoms. The van der Waals surface area contributed by atoms with Gasteiger partial charge in [0.25, 0.3) is 5.91 Å². The average molecular weight is 348 g/mol. The van der Waals surface area contributed by atoms with Gasteiger partial charge < -0.3 is 4.90 Å². The van der Waals surface area contributed by atoms with Gasteiger partial charge in [0.15, 0.2) is 5.82 Å². The van der Waals surface area contributed by atoms with Crippen LogP contribution >= 0.6 is 0 Å². The highest BCUT2D eigenvalue weighted by molar-refractivity contribution is 5.93. The molecule has 0 unspecified atom stereocenters. The minimum atomic E-state index is -0.0516. The zero-order chi connectivity index (χ0) is 18.1. The van der Waals surface area contributed by atoms with Gasteiger partial charge in [0.2, 0.25) is 0 Å². The van der Waals surface area contributed by atoms with E-state index in [9.17, 15) is 4.79 Å². The number of nitrogens with one attached hydrogen (secondary N) is 1. The highest BCUT2D eigenvalue weighted by atomic mass is 16.2. The predicted octanol–water partition coefficient (Wildman–Crippen LogP) is 2.58. The molecule has 4 rings (SSSR count). The van der Waals surface area contributed by atoms with E-state index in [4.69, 9.17) is 0 Å². The first kappa shape index (κ1) is 16.4. The summed E-state index contributed by atoms with van der Waals surface area (Å²) < 4.78 is 0. The third kappa shape index (κ3) is 2.96. The number of H-pyrrole nitrogens is 1. The maximum atomic E-state index is 12.9. The van der Waals surface area contributed by atoms with Crippen LogP contribution in [-0.4, -0.2) is 42.5 Å². The molecule has 7 heteroatoms. The fraction of sp³-hybridized carbons (Fsp3) is 0.316. The first-order chi connectivity index (χ1) is 12.6. The molecule has 0 aromatic carbocycles. The number of hydrogen-bond donors (Lipinski definition) is 1. The Bertz CT molecular complexity index is 917. The van der Waals surface area contributed by atoms with Gasteiger partial charge in [-0.1, -0.05) is 13.8 Å². The van der Waals surface area contributed by atoms with Gasteiger partial charge in [-0.2, -0.15) is 5.10 Å². The summed E-state index contributed by atoms with van der Waals surface area (Å²) in [6.07, 6.45) is 7.37. The van der Waals surface area contributed by atoms with Crippen molar-refractivity contribution in [2.75, 3.05) is 6.54 Å². The lowest BCUT2D eigenvalue weighted by Gasteiger charge is -2.27. The molecule has 3 aromatic heterocycles. The van der Waals surface area contributed by atoms with E-state index < -0.39 is 0 Å². The van der Waals surface area contributed by atoms with Gasteiger partial charge in [-0.25, -0.2) is 9.97 Å². The van der Waals surface area contributed by atoms with Crippen molar-refractivity contribution >= 4 is 5.91 Å². The number of pyridine rings is 1. The Morgan fingerprint density at radius 3 is 2.73 bits per heavy atom. The van der Waals surface area contributed by atoms with Crippen molar-refractivity contribution in [3.8, 4) is 11.4 Å². The highest BCUT2D eigenvalue weighted by Crippen LogP contribution is 2.26. The Morgan fingerprint density at radius 1 is 1.23 bits per heavy atom. The third-order valence-electron chi connectivity index (χ3n) is 4.62. The van der Waals surface area contributed by atoms with Gasteiger partial charge in [-0.05, 0) is 18.1 Å². The van der Waals surface area contributed by atoms with Crippen LogP contribution in [0.4, 0.5) is 0 Å². The molecule has 0 fully saturated rings. The Kier molecular flexibility index (Phi) is 4.20. The Balaban J connectivity index is 1.54. The summed E-state index contributed by atoms with van der Waals surface area (Å²) in [7, 11) is 0. The molecule has 1 amide bonds. The molecule has 0 bridgehead atoms. The third-order valence-corrected chi connectivity index (χ3v) is 4.62. The fourth-order valence-electron chi connectivity index (χ4n) is 3.23. The highest BCUT2D eigenvalue weighted by Gasteiger charge is 2.27. The number of nitrogens with zero attached hydrogens (tertiary/aromatic N) is 5. The van der Waals surface area contributed by atoms with E-state index >= 15 is 0 Å². The molecule has 7 nitrogen and oxygen atoms in total. The standard InChI is InChI=1S/C19H20N6O/c1-12(2)17-15-11-25(7-5-16(15)23-24-17)19(26)14-9-21-18(22-10-14)13-4-3-6-20-8-13/h3-4,6,8-10,12H,5,7,11H2,1-2H3,(H,23,24). The lowest BCUT2D eigenvalue weighted by Crippen LogP contribution is -2.36. The van der Waals surface area contributed by atoms with Gasteiger partial charge in [0, 0.05) is 61.1 Å². The molecule has 1 N–H and O–H groups in total. The van der Waals surface area contributed by atoms with Gasteiger partial charge in [0.05, 0.1) is 11.3 Å². The van der Waals surface area contributed by atoms with Crippen LogP contribution in [-0.2, 0) is 13.0 Å². The summed E-state index contributed by atoms with van der Waals surface area (Å²) in [6.45, 7) is 5.46. The Morgan fingerprint density at radius 2 is 2.04 bits per heavy atom. The van der Waals surface area contributed by atoms with Crippen molar-refractivity contribution in [1.29, 1.82) is 0 Å². The summed E-state index contributed by atoms with van der Waals surface area (Å²) in [6, 6.07) is 3.72. The molecule has 1 aliphatic rings. The van der Waals surface area contributed by atoms with Crippen molar-refractivity contribution in [2.24, 2.45) is 0 Å². The maximum absolute atomic E-state index is 12.9. The first-order valence-corrected chi connectivity index (χ1v) is 8.71. The number of rotatable bonds is 3. The zero-order valence-electron chi connectivity index (χ0n) is 14.8. The maximum Gasteiger partial charge on any atom is 0.257 e. The molecule has 132 valence electrons. The van der Waals surface area contributed by atoms with E-state index in [1.54, 1.807) is 24.8 Å². The zero-order valence-corrected chi connectivity index (χ0v) is 14.8. The number of fused-ring (bicyclic) bond motifs is 1.